The summed E-state index contributed by atoms with van der Waals surface area (Å²) in [6.07, 6.45) is -4.86. The van der Waals surface area contributed by atoms with Crippen LogP contribution in [-0.2, 0) is 31.7 Å². The largest absolute Gasteiger partial charge is 0.480 e. The Hall–Kier alpha value is -5.34. The molecule has 1 atom stereocenters. The summed E-state index contributed by atoms with van der Waals surface area (Å²) in [7, 11) is 0. The lowest BCUT2D eigenvalue weighted by molar-refractivity contribution is -0.385. The van der Waals surface area contributed by atoms with Crippen LogP contribution in [0.3, 0.4) is 0 Å². The van der Waals surface area contributed by atoms with Crippen LogP contribution < -0.4 is 10.4 Å². The Morgan fingerprint density at radius 1 is 1.04 bits per heavy atom. The summed E-state index contributed by atoms with van der Waals surface area (Å²) < 4.78 is 93.1. The van der Waals surface area contributed by atoms with Gasteiger partial charge >= 0.3 is 36.3 Å². The van der Waals surface area contributed by atoms with Crippen molar-refractivity contribution in [2.24, 2.45) is 0 Å². The third-order valence-corrected chi connectivity index (χ3v) is 7.67. The highest BCUT2D eigenvalue weighted by Gasteiger charge is 2.31. The van der Waals surface area contributed by atoms with Crippen LogP contribution in [0.4, 0.5) is 32.0 Å². The van der Waals surface area contributed by atoms with Gasteiger partial charge in [-0.25, -0.2) is 23.3 Å². The quantitative estimate of drug-likeness (QED) is 0.0490. The number of carbonyl (C=O) groups is 3. The van der Waals surface area contributed by atoms with Gasteiger partial charge in [0.1, 0.15) is 34.0 Å². The van der Waals surface area contributed by atoms with Crippen LogP contribution in [0.25, 0.3) is 5.69 Å². The molecule has 3 aromatic carbocycles. The molecule has 0 saturated carbocycles. The molecule has 0 fully saturated rings. The van der Waals surface area contributed by atoms with Gasteiger partial charge in [0.05, 0.1) is 22.1 Å². The molecule has 1 N–H and O–H groups in total. The highest BCUT2D eigenvalue weighted by Crippen LogP contribution is 2.37. The second-order valence-corrected chi connectivity index (χ2v) is 11.7. The maximum atomic E-state index is 14.1. The van der Waals surface area contributed by atoms with Crippen LogP contribution in [0, 0.1) is 22.9 Å². The van der Waals surface area contributed by atoms with E-state index in [1.807, 2.05) is 0 Å². The number of hydrogen-bond acceptors (Lipinski definition) is 10. The van der Waals surface area contributed by atoms with Gasteiger partial charge in [-0.2, -0.15) is 26.6 Å². The molecule has 14 nitrogen and oxygen atoms in total. The molecule has 1 heterocycles. The predicted molar refractivity (Wildman–Crippen MR) is 176 cm³/mol. The minimum Gasteiger partial charge on any atom is -0.480 e. The topological polar surface area (TPSA) is 182 Å². The second-order valence-electron chi connectivity index (χ2n) is 10.4. The predicted octanol–water partition coefficient (Wildman–Crippen LogP) is 7.54. The molecule has 0 spiro atoms. The fourth-order valence-corrected chi connectivity index (χ4v) is 4.84. The van der Waals surface area contributed by atoms with Crippen molar-refractivity contribution < 1.29 is 65.0 Å². The first-order valence-corrected chi connectivity index (χ1v) is 15.8. The van der Waals surface area contributed by atoms with Gasteiger partial charge in [-0.05, 0) is 55.8 Å². The zero-order valence-corrected chi connectivity index (χ0v) is 29.5. The fraction of sp³-hybridized carbons (Fsp3) is 0.258. The van der Waals surface area contributed by atoms with Crippen molar-refractivity contribution in [2.75, 3.05) is 13.2 Å². The van der Waals surface area contributed by atoms with Gasteiger partial charge in [-0.15, -0.1) is 16.7 Å². The second kappa shape index (κ2) is 18.1. The van der Waals surface area contributed by atoms with E-state index in [0.29, 0.717) is 10.7 Å². The van der Waals surface area contributed by atoms with Crippen molar-refractivity contribution in [3.8, 4) is 17.2 Å². The van der Waals surface area contributed by atoms with Gasteiger partial charge in [-0.1, -0.05) is 23.2 Å². The Morgan fingerprint density at radius 2 is 1.70 bits per heavy atom. The third kappa shape index (κ3) is 10.9. The van der Waals surface area contributed by atoms with Crippen LogP contribution in [0.5, 0.6) is 11.5 Å². The van der Waals surface area contributed by atoms with Gasteiger partial charge < -0.3 is 19.3 Å². The van der Waals surface area contributed by atoms with Crippen LogP contribution in [0.2, 0.25) is 10.0 Å². The third-order valence-electron chi connectivity index (χ3n) is 6.69. The minimum absolute atomic E-state index is 0.0493. The van der Waals surface area contributed by atoms with E-state index in [9.17, 15) is 55.6 Å². The first-order valence-electron chi connectivity index (χ1n) is 14.6. The summed E-state index contributed by atoms with van der Waals surface area (Å²) in [6, 6.07) is 7.24. The van der Waals surface area contributed by atoms with Crippen molar-refractivity contribution in [3.05, 3.63) is 108 Å². The molecule has 0 amide bonds. The van der Waals surface area contributed by atoms with Gasteiger partial charge in [0.25, 0.3) is 5.69 Å². The van der Waals surface area contributed by atoms with E-state index in [-0.39, 0.29) is 50.5 Å². The zero-order valence-electron chi connectivity index (χ0n) is 27.2. The molecule has 54 heavy (non-hydrogen) atoms. The molecule has 1 aromatic heterocycles. The molecule has 0 saturated heterocycles. The lowest BCUT2D eigenvalue weighted by Crippen LogP contribution is -2.25. The number of rotatable bonds is 12. The van der Waals surface area contributed by atoms with E-state index >= 15 is 0 Å². The van der Waals surface area contributed by atoms with Crippen molar-refractivity contribution in [1.82, 2.24) is 14.3 Å². The van der Waals surface area contributed by atoms with Gasteiger partial charge in [0.15, 0.2) is 12.4 Å². The maximum Gasteiger partial charge on any atom is 0.416 e. The standard InChI is InChI=1S/C18H13ClF3NO7.C13H10Cl2F3N3O3/c1-2-28-16(24)9-29-17(25)12-8-11(4-5-14(12)23(26)27)30-15-6-3-10(7-13(15)19)18(20,21)22;1-5-19-21(13(24)20(5)12(17)18)10-3-6(2-8(15)11(22)23)7(14)4-9(10)16/h3-8H,2,9H2,1H3;3-4,8,12H,2H2,1H3,(H,22,23). The summed E-state index contributed by atoms with van der Waals surface area (Å²) >= 11 is 17.3. The van der Waals surface area contributed by atoms with Crippen LogP contribution in [0.1, 0.15) is 40.8 Å². The number of aliphatic carboxylic acids is 1. The number of carbonyl (C=O) groups excluding carboxylic acids is 2. The molecule has 0 aliphatic rings. The van der Waals surface area contributed by atoms with Gasteiger partial charge in [0, 0.05) is 23.6 Å². The van der Waals surface area contributed by atoms with E-state index in [1.54, 1.807) is 0 Å². The Bertz CT molecular complexity index is 2130. The Kier molecular flexibility index (Phi) is 14.5. The van der Waals surface area contributed by atoms with Crippen molar-refractivity contribution in [2.45, 2.75) is 38.4 Å². The summed E-state index contributed by atoms with van der Waals surface area (Å²) in [5.41, 5.74) is -3.70. The zero-order chi connectivity index (χ0) is 40.7. The maximum absolute atomic E-state index is 14.1. The number of benzene rings is 3. The van der Waals surface area contributed by atoms with Gasteiger partial charge in [0.2, 0.25) is 0 Å². The normalized spacial score (nSPS) is 11.7. The lowest BCUT2D eigenvalue weighted by atomic mass is 10.1. The average Bonchev–Trinajstić information content (AvgIpc) is 3.38. The number of hydrogen-bond donors (Lipinski definition) is 1. The molecule has 1 unspecified atom stereocenters. The highest BCUT2D eigenvalue weighted by atomic mass is 35.5. The monoisotopic (exact) mass is 830 g/mol. The van der Waals surface area contributed by atoms with Crippen LogP contribution in [0.15, 0.2) is 53.3 Å². The number of nitro benzene ring substituents is 1. The number of nitro groups is 1. The van der Waals surface area contributed by atoms with Crippen LogP contribution >= 0.6 is 34.8 Å². The SMILES string of the molecule is CCOC(=O)COC(=O)c1cc(Oc2ccc(C(F)(F)F)cc2Cl)ccc1[N+](=O)[O-].Cc1nn(-c2cc(CC(Cl)C(=O)O)c(Cl)cc2F)c(=O)n1C(F)F. The number of halogens is 9. The van der Waals surface area contributed by atoms with Gasteiger partial charge in [-0.3, -0.25) is 14.9 Å². The smallest absolute Gasteiger partial charge is 0.416 e. The Labute approximate surface area is 313 Å². The molecule has 290 valence electrons. The number of carboxylic acids is 1. The highest BCUT2D eigenvalue weighted by molar-refractivity contribution is 6.32. The van der Waals surface area contributed by atoms with Crippen LogP contribution in [-0.4, -0.2) is 60.9 Å². The van der Waals surface area contributed by atoms with E-state index in [2.05, 4.69) is 9.84 Å². The summed E-state index contributed by atoms with van der Waals surface area (Å²) in [5.74, 6) is -4.96. The van der Waals surface area contributed by atoms with Crippen molar-refractivity contribution in [3.63, 3.8) is 0 Å². The molecule has 23 heteroatoms. The molecule has 0 bridgehead atoms. The van der Waals surface area contributed by atoms with Crippen molar-refractivity contribution in [1.29, 1.82) is 0 Å². The number of alkyl halides is 6. The number of ether oxygens (including phenoxy) is 3. The fourth-order valence-electron chi connectivity index (χ4n) is 4.23. The number of aryl methyl sites for hydroxylation is 1. The lowest BCUT2D eigenvalue weighted by Gasteiger charge is -2.12. The van der Waals surface area contributed by atoms with E-state index in [0.717, 1.165) is 49.4 Å². The van der Waals surface area contributed by atoms with E-state index in [1.165, 1.54) is 6.92 Å². The molecular formula is C31H23Cl3F6N4O10. The molecular weight excluding hydrogens is 809 g/mol. The van der Waals surface area contributed by atoms with Crippen molar-refractivity contribution >= 4 is 58.4 Å². The molecule has 4 aromatic rings. The first kappa shape index (κ1) is 43.1. The molecule has 0 aliphatic heterocycles. The first-order chi connectivity index (χ1) is 25.2. The number of carboxylic acid groups (broad SMARTS) is 1. The number of nitrogens with zero attached hydrogens (tertiary/aromatic N) is 4. The van der Waals surface area contributed by atoms with E-state index < -0.39 is 81.5 Å². The Balaban J connectivity index is 0.000000297. The van der Waals surface area contributed by atoms with E-state index in [4.69, 9.17) is 49.4 Å². The average molecular weight is 832 g/mol. The summed E-state index contributed by atoms with van der Waals surface area (Å²) in [5, 5.41) is 21.8. The molecule has 0 aliphatic carbocycles. The molecule has 0 radical (unpaired) electrons. The number of aromatic nitrogens is 3. The Morgan fingerprint density at radius 3 is 2.24 bits per heavy atom. The molecule has 4 rings (SSSR count). The minimum atomic E-state index is -4.61. The number of esters is 2. The summed E-state index contributed by atoms with van der Waals surface area (Å²) in [6.45, 7) is -1.15. The summed E-state index contributed by atoms with van der Waals surface area (Å²) in [4.78, 5) is 56.5.